The lowest BCUT2D eigenvalue weighted by Crippen LogP contribution is -2.34. The zero-order valence-electron chi connectivity index (χ0n) is 23.1. The van der Waals surface area contributed by atoms with Crippen LogP contribution >= 0.6 is 0 Å². The molecule has 1 N–H and O–H groups in total. The van der Waals surface area contributed by atoms with E-state index in [1.807, 2.05) is 49.3 Å². The summed E-state index contributed by atoms with van der Waals surface area (Å²) in [5, 5.41) is 3.06. The number of carbonyl (C=O) groups is 1. The normalized spacial score (nSPS) is 11.5. The third-order valence-corrected chi connectivity index (χ3v) is 5.47. The van der Waals surface area contributed by atoms with Gasteiger partial charge in [0.1, 0.15) is 23.5 Å². The van der Waals surface area contributed by atoms with Crippen molar-refractivity contribution in [2.75, 3.05) is 38.8 Å². The average molecular weight is 523 g/mol. The van der Waals surface area contributed by atoms with Crippen LogP contribution in [0.5, 0.6) is 11.5 Å². The first-order valence-corrected chi connectivity index (χ1v) is 12.9. The Bertz CT molecular complexity index is 1300. The number of rotatable bonds is 11. The highest BCUT2D eigenvalue weighted by Gasteiger charge is 2.17. The van der Waals surface area contributed by atoms with E-state index in [1.54, 1.807) is 45.0 Å². The molecule has 0 saturated carbocycles. The molecule has 1 aromatic heterocycles. The summed E-state index contributed by atoms with van der Waals surface area (Å²) in [7, 11) is 3.98. The third-order valence-electron chi connectivity index (χ3n) is 5.47. The van der Waals surface area contributed by atoms with E-state index >= 15 is 0 Å². The molecular formula is C30H38N2O6. The minimum Gasteiger partial charge on any atom is -0.492 e. The number of ether oxygens (including phenoxy) is 3. The van der Waals surface area contributed by atoms with Crippen molar-refractivity contribution in [1.82, 2.24) is 5.32 Å². The second-order valence-electron chi connectivity index (χ2n) is 10.1. The van der Waals surface area contributed by atoms with Gasteiger partial charge in [-0.3, -0.25) is 4.79 Å². The molecule has 0 saturated heterocycles. The van der Waals surface area contributed by atoms with Crippen molar-refractivity contribution in [1.29, 1.82) is 0 Å². The SMILES string of the molecule is CCCCOc1c(/C=C/c2ccc(N(C)C)cc2)oc2cc(OCCNC(=O)OC(C)(C)C)ccc2c1=O. The van der Waals surface area contributed by atoms with E-state index in [0.29, 0.717) is 29.1 Å². The minimum absolute atomic E-state index is 0.197. The Morgan fingerprint density at radius 2 is 1.76 bits per heavy atom. The van der Waals surface area contributed by atoms with Crippen LogP contribution in [0.4, 0.5) is 10.5 Å². The summed E-state index contributed by atoms with van der Waals surface area (Å²) in [5.74, 6) is 1.06. The molecule has 3 rings (SSSR count). The highest BCUT2D eigenvalue weighted by molar-refractivity contribution is 5.82. The molecule has 3 aromatic rings. The summed E-state index contributed by atoms with van der Waals surface area (Å²) < 4.78 is 23.0. The van der Waals surface area contributed by atoms with Gasteiger partial charge in [0.25, 0.3) is 0 Å². The minimum atomic E-state index is -0.568. The van der Waals surface area contributed by atoms with Gasteiger partial charge in [-0.05, 0) is 63.1 Å². The van der Waals surface area contributed by atoms with Crippen LogP contribution in [0.2, 0.25) is 0 Å². The summed E-state index contributed by atoms with van der Waals surface area (Å²) in [6, 6.07) is 13.1. The summed E-state index contributed by atoms with van der Waals surface area (Å²) in [6.45, 7) is 8.39. The van der Waals surface area contributed by atoms with E-state index in [1.165, 1.54) is 0 Å². The van der Waals surface area contributed by atoms with E-state index in [4.69, 9.17) is 18.6 Å². The molecule has 0 unspecified atom stereocenters. The lowest BCUT2D eigenvalue weighted by molar-refractivity contribution is 0.0520. The maximum atomic E-state index is 13.3. The Morgan fingerprint density at radius 3 is 2.42 bits per heavy atom. The van der Waals surface area contributed by atoms with E-state index in [9.17, 15) is 9.59 Å². The molecule has 0 fully saturated rings. The first kappa shape index (κ1) is 28.6. The summed E-state index contributed by atoms with van der Waals surface area (Å²) >= 11 is 0. The van der Waals surface area contributed by atoms with Gasteiger partial charge in [0.2, 0.25) is 11.2 Å². The van der Waals surface area contributed by atoms with Crippen LogP contribution in [0.15, 0.2) is 51.7 Å². The zero-order chi connectivity index (χ0) is 27.7. The fraction of sp³-hybridized carbons (Fsp3) is 0.400. The molecule has 0 radical (unpaired) electrons. The van der Waals surface area contributed by atoms with Gasteiger partial charge in [0, 0.05) is 25.8 Å². The molecule has 2 aromatic carbocycles. The van der Waals surface area contributed by atoms with Crippen molar-refractivity contribution in [2.45, 2.75) is 46.1 Å². The number of unbranched alkanes of at least 4 members (excludes halogenated alkanes) is 1. The first-order valence-electron chi connectivity index (χ1n) is 12.9. The molecule has 0 spiro atoms. The quantitative estimate of drug-likeness (QED) is 0.304. The maximum Gasteiger partial charge on any atom is 0.407 e. The predicted molar refractivity (Wildman–Crippen MR) is 152 cm³/mol. The van der Waals surface area contributed by atoms with Crippen LogP contribution in [0.1, 0.15) is 51.9 Å². The van der Waals surface area contributed by atoms with Gasteiger partial charge in [-0.1, -0.05) is 31.6 Å². The van der Waals surface area contributed by atoms with Crippen molar-refractivity contribution in [3.63, 3.8) is 0 Å². The lowest BCUT2D eigenvalue weighted by atomic mass is 10.1. The number of amides is 1. The largest absolute Gasteiger partial charge is 0.492 e. The van der Waals surface area contributed by atoms with Gasteiger partial charge in [-0.2, -0.15) is 0 Å². The number of carbonyl (C=O) groups excluding carboxylic acids is 1. The van der Waals surface area contributed by atoms with Gasteiger partial charge < -0.3 is 28.8 Å². The molecule has 0 aliphatic carbocycles. The van der Waals surface area contributed by atoms with Crippen molar-refractivity contribution in [2.24, 2.45) is 0 Å². The molecule has 0 bridgehead atoms. The lowest BCUT2D eigenvalue weighted by Gasteiger charge is -2.19. The van der Waals surface area contributed by atoms with Crippen molar-refractivity contribution < 1.29 is 23.4 Å². The Balaban J connectivity index is 1.81. The van der Waals surface area contributed by atoms with Gasteiger partial charge in [-0.15, -0.1) is 0 Å². The summed E-state index contributed by atoms with van der Waals surface area (Å²) in [4.78, 5) is 27.1. The number of hydrogen-bond acceptors (Lipinski definition) is 7. The fourth-order valence-electron chi connectivity index (χ4n) is 3.52. The molecule has 0 aliphatic rings. The number of hydrogen-bond donors (Lipinski definition) is 1. The van der Waals surface area contributed by atoms with Gasteiger partial charge in [-0.25, -0.2) is 4.79 Å². The maximum absolute atomic E-state index is 13.3. The Hall–Kier alpha value is -3.94. The van der Waals surface area contributed by atoms with Crippen LogP contribution in [-0.2, 0) is 4.74 Å². The van der Waals surface area contributed by atoms with Crippen LogP contribution in [0.25, 0.3) is 23.1 Å². The Morgan fingerprint density at radius 1 is 1.03 bits per heavy atom. The average Bonchev–Trinajstić information content (AvgIpc) is 2.86. The first-order chi connectivity index (χ1) is 18.1. The van der Waals surface area contributed by atoms with E-state index in [0.717, 1.165) is 24.1 Å². The van der Waals surface area contributed by atoms with Crippen LogP contribution in [-0.4, -0.2) is 45.5 Å². The van der Waals surface area contributed by atoms with E-state index in [-0.39, 0.29) is 24.3 Å². The summed E-state index contributed by atoms with van der Waals surface area (Å²) in [6.07, 6.45) is 4.92. The zero-order valence-corrected chi connectivity index (χ0v) is 23.1. The molecule has 38 heavy (non-hydrogen) atoms. The standard InChI is InChI=1S/C30H38N2O6/c1-7-8-18-36-28-25(16-11-21-9-12-22(13-10-21)32(5)6)37-26-20-23(14-15-24(26)27(28)33)35-19-17-31-29(34)38-30(2,3)4/h9-16,20H,7-8,17-19H2,1-6H3,(H,31,34)/b16-11+. The molecule has 0 aliphatic heterocycles. The Kier molecular flexibility index (Phi) is 9.82. The molecule has 1 heterocycles. The van der Waals surface area contributed by atoms with Crippen LogP contribution in [0, 0.1) is 0 Å². The number of nitrogens with one attached hydrogen (secondary N) is 1. The number of benzene rings is 2. The van der Waals surface area contributed by atoms with Crippen LogP contribution in [0.3, 0.4) is 0 Å². The van der Waals surface area contributed by atoms with Gasteiger partial charge >= 0.3 is 6.09 Å². The highest BCUT2D eigenvalue weighted by Crippen LogP contribution is 2.27. The van der Waals surface area contributed by atoms with Crippen LogP contribution < -0.4 is 25.1 Å². The van der Waals surface area contributed by atoms with Gasteiger partial charge in [0.15, 0.2) is 5.76 Å². The highest BCUT2D eigenvalue weighted by atomic mass is 16.6. The molecule has 0 atom stereocenters. The Labute approximate surface area is 224 Å². The fourth-order valence-corrected chi connectivity index (χ4v) is 3.52. The van der Waals surface area contributed by atoms with Gasteiger partial charge in [0.05, 0.1) is 18.5 Å². The number of nitrogens with zero attached hydrogens (tertiary/aromatic N) is 1. The number of alkyl carbamates (subject to hydrolysis) is 1. The molecule has 1 amide bonds. The molecule has 204 valence electrons. The molecule has 8 heteroatoms. The topological polar surface area (TPSA) is 90.2 Å². The van der Waals surface area contributed by atoms with Crippen molar-refractivity contribution >= 4 is 34.9 Å². The molecular weight excluding hydrogens is 484 g/mol. The number of fused-ring (bicyclic) bond motifs is 1. The van der Waals surface area contributed by atoms with Crippen molar-refractivity contribution in [3.8, 4) is 11.5 Å². The monoisotopic (exact) mass is 522 g/mol. The van der Waals surface area contributed by atoms with E-state index < -0.39 is 11.7 Å². The number of anilines is 1. The molecule has 8 nitrogen and oxygen atoms in total. The smallest absolute Gasteiger partial charge is 0.407 e. The summed E-state index contributed by atoms with van der Waals surface area (Å²) in [5.41, 5.74) is 1.65. The van der Waals surface area contributed by atoms with E-state index in [2.05, 4.69) is 12.2 Å². The second kappa shape index (κ2) is 13.0. The second-order valence-corrected chi connectivity index (χ2v) is 10.1. The predicted octanol–water partition coefficient (Wildman–Crippen LogP) is 6.11. The van der Waals surface area contributed by atoms with Crippen molar-refractivity contribution in [3.05, 3.63) is 64.0 Å². The third kappa shape index (κ3) is 8.30.